The third-order valence-electron chi connectivity index (χ3n) is 3.81. The topological polar surface area (TPSA) is 62.4 Å². The monoisotopic (exact) mass is 385 g/mol. The number of hydrazine groups is 1. The molecular formula is C17H15ClF3N3O2. The zero-order valence-corrected chi connectivity index (χ0v) is 14.1. The van der Waals surface area contributed by atoms with Crippen LogP contribution >= 0.6 is 11.6 Å². The fraction of sp³-hybridized carbons (Fsp3) is 0.235. The van der Waals surface area contributed by atoms with E-state index >= 15 is 0 Å². The first-order valence-electron chi connectivity index (χ1n) is 7.73. The highest BCUT2D eigenvalue weighted by atomic mass is 35.5. The van der Waals surface area contributed by atoms with Crippen molar-refractivity contribution in [2.45, 2.75) is 24.9 Å². The normalized spacial score (nSPS) is 20.0. The zero-order chi connectivity index (χ0) is 18.7. The number of alkyl halides is 3. The van der Waals surface area contributed by atoms with Crippen LogP contribution in [0.15, 0.2) is 48.5 Å². The molecule has 0 radical (unpaired) electrons. The number of halogens is 4. The Morgan fingerprint density at radius 1 is 1.15 bits per heavy atom. The van der Waals surface area contributed by atoms with Gasteiger partial charge in [-0.05, 0) is 36.2 Å². The van der Waals surface area contributed by atoms with Crippen LogP contribution in [0, 0.1) is 0 Å². The summed E-state index contributed by atoms with van der Waals surface area (Å²) in [6.45, 7) is 0. The Bertz CT molecular complexity index is 801. The molecule has 0 aromatic heterocycles. The lowest BCUT2D eigenvalue weighted by atomic mass is 10.0. The molecule has 26 heavy (non-hydrogen) atoms. The van der Waals surface area contributed by atoms with Crippen LogP contribution in [-0.2, 0) is 4.79 Å². The van der Waals surface area contributed by atoms with Crippen molar-refractivity contribution in [2.75, 3.05) is 5.32 Å². The van der Waals surface area contributed by atoms with Crippen molar-refractivity contribution in [3.63, 3.8) is 0 Å². The van der Waals surface area contributed by atoms with E-state index in [0.717, 1.165) is 17.7 Å². The molecule has 0 spiro atoms. The van der Waals surface area contributed by atoms with E-state index in [9.17, 15) is 18.0 Å². The fourth-order valence-electron chi connectivity index (χ4n) is 2.67. The zero-order valence-electron chi connectivity index (χ0n) is 13.3. The molecule has 2 aromatic carbocycles. The van der Waals surface area contributed by atoms with Crippen molar-refractivity contribution in [2.24, 2.45) is 0 Å². The number of rotatable bonds is 4. The Hall–Kier alpha value is -2.29. The molecule has 9 heteroatoms. The molecule has 2 atom stereocenters. The van der Waals surface area contributed by atoms with Gasteiger partial charge in [0.25, 0.3) is 0 Å². The summed E-state index contributed by atoms with van der Waals surface area (Å²) in [5.74, 6) is -0.768. The maximum absolute atomic E-state index is 12.4. The van der Waals surface area contributed by atoms with Crippen LogP contribution in [0.4, 0.5) is 18.9 Å². The van der Waals surface area contributed by atoms with Gasteiger partial charge >= 0.3 is 6.36 Å². The minimum atomic E-state index is -4.79. The molecule has 3 rings (SSSR count). The second-order valence-corrected chi connectivity index (χ2v) is 6.19. The summed E-state index contributed by atoms with van der Waals surface area (Å²) in [6.07, 6.45) is -4.32. The summed E-state index contributed by atoms with van der Waals surface area (Å²) in [5.41, 5.74) is 7.04. The number of nitrogens with one attached hydrogen (secondary N) is 3. The largest absolute Gasteiger partial charge is 0.573 e. The number of hydrogen-bond donors (Lipinski definition) is 3. The summed E-state index contributed by atoms with van der Waals surface area (Å²) in [5, 5.41) is 3.17. The van der Waals surface area contributed by atoms with Crippen molar-refractivity contribution >= 4 is 23.2 Å². The summed E-state index contributed by atoms with van der Waals surface area (Å²) in [7, 11) is 0. The average molecular weight is 386 g/mol. The minimum Gasteiger partial charge on any atom is -0.406 e. The number of hydrogen-bond acceptors (Lipinski definition) is 4. The summed E-state index contributed by atoms with van der Waals surface area (Å²) < 4.78 is 40.7. The van der Waals surface area contributed by atoms with Crippen molar-refractivity contribution in [1.82, 2.24) is 10.9 Å². The van der Waals surface area contributed by atoms with Crippen molar-refractivity contribution in [1.29, 1.82) is 0 Å². The summed E-state index contributed by atoms with van der Waals surface area (Å²) >= 11 is 5.97. The fourth-order valence-corrected chi connectivity index (χ4v) is 2.87. The molecule has 1 amide bonds. The van der Waals surface area contributed by atoms with Crippen LogP contribution in [0.2, 0.25) is 5.02 Å². The Morgan fingerprint density at radius 3 is 2.65 bits per heavy atom. The van der Waals surface area contributed by atoms with Gasteiger partial charge < -0.3 is 10.1 Å². The standard InChI is InChI=1S/C17H15ClF3N3O2/c18-11-4-1-3-10(7-11)14-9-15(24-23-14)16(25)22-12-5-2-6-13(8-12)26-17(19,20)21/h1-8,14-15,23-24H,9H2,(H,22,25). The third kappa shape index (κ3) is 4.87. The molecule has 1 fully saturated rings. The Morgan fingerprint density at radius 2 is 1.92 bits per heavy atom. The smallest absolute Gasteiger partial charge is 0.406 e. The molecule has 1 aliphatic heterocycles. The van der Waals surface area contributed by atoms with Gasteiger partial charge in [-0.2, -0.15) is 0 Å². The minimum absolute atomic E-state index is 0.107. The molecular weight excluding hydrogens is 371 g/mol. The van der Waals surface area contributed by atoms with Crippen LogP contribution in [0.5, 0.6) is 5.75 Å². The molecule has 0 aliphatic carbocycles. The van der Waals surface area contributed by atoms with E-state index in [1.165, 1.54) is 12.1 Å². The second kappa shape index (κ2) is 7.53. The summed E-state index contributed by atoms with van der Waals surface area (Å²) in [4.78, 5) is 12.4. The van der Waals surface area contributed by atoms with Crippen molar-refractivity contribution in [3.05, 3.63) is 59.1 Å². The van der Waals surface area contributed by atoms with Crippen LogP contribution in [0.3, 0.4) is 0 Å². The maximum atomic E-state index is 12.4. The number of ether oxygens (including phenoxy) is 1. The van der Waals surface area contributed by atoms with Crippen LogP contribution in [0.25, 0.3) is 0 Å². The number of carbonyl (C=O) groups is 1. The number of amides is 1. The van der Waals surface area contributed by atoms with E-state index in [1.807, 2.05) is 12.1 Å². The molecule has 2 aromatic rings. The van der Waals surface area contributed by atoms with E-state index in [0.29, 0.717) is 11.4 Å². The first-order valence-corrected chi connectivity index (χ1v) is 8.11. The quantitative estimate of drug-likeness (QED) is 0.749. The van der Waals surface area contributed by atoms with E-state index in [2.05, 4.69) is 20.9 Å². The lowest BCUT2D eigenvalue weighted by Crippen LogP contribution is -2.39. The predicted molar refractivity (Wildman–Crippen MR) is 90.6 cm³/mol. The second-order valence-electron chi connectivity index (χ2n) is 5.75. The van der Waals surface area contributed by atoms with Gasteiger partial charge in [-0.15, -0.1) is 13.2 Å². The first-order chi connectivity index (χ1) is 12.3. The van der Waals surface area contributed by atoms with Crippen molar-refractivity contribution in [3.8, 4) is 5.75 Å². The third-order valence-corrected chi connectivity index (χ3v) is 4.04. The Labute approximate surface area is 152 Å². The van der Waals surface area contributed by atoms with Crippen LogP contribution < -0.4 is 20.9 Å². The van der Waals surface area contributed by atoms with Gasteiger partial charge in [0.2, 0.25) is 5.91 Å². The molecule has 5 nitrogen and oxygen atoms in total. The molecule has 2 unspecified atom stereocenters. The van der Waals surface area contributed by atoms with Gasteiger partial charge in [-0.1, -0.05) is 29.8 Å². The highest BCUT2D eigenvalue weighted by Gasteiger charge is 2.32. The first kappa shape index (κ1) is 18.5. The lowest BCUT2D eigenvalue weighted by Gasteiger charge is -2.13. The number of benzene rings is 2. The SMILES string of the molecule is O=C(Nc1cccc(OC(F)(F)F)c1)C1CC(c2cccc(Cl)c2)NN1. The van der Waals surface area contributed by atoms with Gasteiger partial charge in [0.1, 0.15) is 11.8 Å². The van der Waals surface area contributed by atoms with E-state index in [-0.39, 0.29) is 17.6 Å². The molecule has 3 N–H and O–H groups in total. The van der Waals surface area contributed by atoms with Gasteiger partial charge in [-0.3, -0.25) is 4.79 Å². The van der Waals surface area contributed by atoms with E-state index in [1.54, 1.807) is 12.1 Å². The Kier molecular flexibility index (Phi) is 5.36. The highest BCUT2D eigenvalue weighted by Crippen LogP contribution is 2.27. The molecule has 1 aliphatic rings. The van der Waals surface area contributed by atoms with Gasteiger partial charge in [0, 0.05) is 22.8 Å². The van der Waals surface area contributed by atoms with E-state index in [4.69, 9.17) is 11.6 Å². The molecule has 0 bridgehead atoms. The number of carbonyl (C=O) groups excluding carboxylic acids is 1. The molecule has 1 heterocycles. The van der Waals surface area contributed by atoms with Gasteiger partial charge in [0.05, 0.1) is 0 Å². The molecule has 0 saturated carbocycles. The van der Waals surface area contributed by atoms with Crippen LogP contribution in [-0.4, -0.2) is 18.3 Å². The summed E-state index contributed by atoms with van der Waals surface area (Å²) in [6, 6.07) is 11.7. The van der Waals surface area contributed by atoms with Gasteiger partial charge in [0.15, 0.2) is 0 Å². The molecule has 138 valence electrons. The maximum Gasteiger partial charge on any atom is 0.573 e. The van der Waals surface area contributed by atoms with Crippen LogP contribution in [0.1, 0.15) is 18.0 Å². The lowest BCUT2D eigenvalue weighted by molar-refractivity contribution is -0.274. The average Bonchev–Trinajstić information content (AvgIpc) is 3.03. The number of anilines is 1. The molecule has 1 saturated heterocycles. The predicted octanol–water partition coefficient (Wildman–Crippen LogP) is 3.78. The highest BCUT2D eigenvalue weighted by molar-refractivity contribution is 6.30. The van der Waals surface area contributed by atoms with E-state index < -0.39 is 18.2 Å². The van der Waals surface area contributed by atoms with Crippen molar-refractivity contribution < 1.29 is 22.7 Å². The Balaban J connectivity index is 1.61. The van der Waals surface area contributed by atoms with Gasteiger partial charge in [-0.25, -0.2) is 10.9 Å².